The van der Waals surface area contributed by atoms with Crippen LogP contribution >= 0.6 is 0 Å². The average Bonchev–Trinajstić information content (AvgIpc) is 2.50. The van der Waals surface area contributed by atoms with Gasteiger partial charge in [0.25, 0.3) is 0 Å². The van der Waals surface area contributed by atoms with Gasteiger partial charge in [0, 0.05) is 24.3 Å². The third-order valence-electron chi connectivity index (χ3n) is 3.60. The first-order chi connectivity index (χ1) is 9.76. The van der Waals surface area contributed by atoms with Crippen molar-refractivity contribution in [2.45, 2.75) is 39.3 Å². The number of para-hydroxylation sites is 1. The molecule has 2 N–H and O–H groups in total. The third kappa shape index (κ3) is 3.36. The van der Waals surface area contributed by atoms with Crippen molar-refractivity contribution in [3.63, 3.8) is 0 Å². The zero-order chi connectivity index (χ0) is 14.4. The van der Waals surface area contributed by atoms with E-state index in [4.69, 9.17) is 0 Å². The Kier molecular flexibility index (Phi) is 5.13. The Morgan fingerprint density at radius 2 is 1.95 bits per heavy atom. The van der Waals surface area contributed by atoms with Crippen molar-refractivity contribution < 1.29 is 5.11 Å². The third-order valence-corrected chi connectivity index (χ3v) is 3.60. The molecule has 0 radical (unpaired) electrons. The van der Waals surface area contributed by atoms with E-state index in [1.165, 1.54) is 5.56 Å². The van der Waals surface area contributed by atoms with E-state index in [0.717, 1.165) is 30.6 Å². The molecule has 1 unspecified atom stereocenters. The fourth-order valence-corrected chi connectivity index (χ4v) is 2.43. The number of rotatable bonds is 6. The maximum atomic E-state index is 9.95. The number of aromatic hydroxyl groups is 1. The lowest BCUT2D eigenvalue weighted by molar-refractivity contribution is 0.439. The summed E-state index contributed by atoms with van der Waals surface area (Å²) < 4.78 is 0. The lowest BCUT2D eigenvalue weighted by Gasteiger charge is -2.19. The Morgan fingerprint density at radius 1 is 1.15 bits per heavy atom. The topological polar surface area (TPSA) is 45.2 Å². The van der Waals surface area contributed by atoms with Gasteiger partial charge in [0.15, 0.2) is 0 Å². The molecule has 2 rings (SSSR count). The maximum Gasteiger partial charge on any atom is 0.120 e. The quantitative estimate of drug-likeness (QED) is 0.843. The lowest BCUT2D eigenvalue weighted by atomic mass is 10.0. The van der Waals surface area contributed by atoms with Crippen molar-refractivity contribution in [3.05, 3.63) is 59.4 Å². The van der Waals surface area contributed by atoms with Gasteiger partial charge in [0.1, 0.15) is 5.75 Å². The van der Waals surface area contributed by atoms with E-state index in [1.54, 1.807) is 6.07 Å². The first kappa shape index (κ1) is 14.5. The minimum atomic E-state index is 0.142. The van der Waals surface area contributed by atoms with Crippen molar-refractivity contribution in [1.29, 1.82) is 0 Å². The summed E-state index contributed by atoms with van der Waals surface area (Å²) >= 11 is 0. The van der Waals surface area contributed by atoms with Gasteiger partial charge in [-0.05, 0) is 30.5 Å². The first-order valence-corrected chi connectivity index (χ1v) is 7.20. The summed E-state index contributed by atoms with van der Waals surface area (Å²) in [5.74, 6) is 0.351. The molecule has 106 valence electrons. The standard InChI is InChI=1S/C17H22N2O/c1-3-13-8-7-11-18-16(13)12-19-15(4-2)14-9-5-6-10-17(14)20/h5-11,15,19-20H,3-4,12H2,1-2H3. The van der Waals surface area contributed by atoms with Gasteiger partial charge < -0.3 is 10.4 Å². The molecule has 0 spiro atoms. The van der Waals surface area contributed by atoms with Crippen LogP contribution in [0.15, 0.2) is 42.6 Å². The van der Waals surface area contributed by atoms with Crippen LogP contribution in [-0.2, 0) is 13.0 Å². The molecule has 1 atom stereocenters. The van der Waals surface area contributed by atoms with Crippen molar-refractivity contribution >= 4 is 0 Å². The first-order valence-electron chi connectivity index (χ1n) is 7.20. The summed E-state index contributed by atoms with van der Waals surface area (Å²) in [5.41, 5.74) is 3.31. The lowest BCUT2D eigenvalue weighted by Crippen LogP contribution is -2.21. The van der Waals surface area contributed by atoms with Crippen LogP contribution in [0.5, 0.6) is 5.75 Å². The molecule has 0 aliphatic carbocycles. The monoisotopic (exact) mass is 270 g/mol. The van der Waals surface area contributed by atoms with Gasteiger partial charge in [-0.1, -0.05) is 38.1 Å². The molecule has 0 saturated heterocycles. The van der Waals surface area contributed by atoms with E-state index in [0.29, 0.717) is 5.75 Å². The number of aryl methyl sites for hydroxylation is 1. The predicted octanol–water partition coefficient (Wildman–Crippen LogP) is 3.59. The van der Waals surface area contributed by atoms with E-state index in [-0.39, 0.29) is 6.04 Å². The number of phenolic OH excluding ortho intramolecular Hbond substituents is 1. The van der Waals surface area contributed by atoms with Gasteiger partial charge >= 0.3 is 0 Å². The van der Waals surface area contributed by atoms with Gasteiger partial charge in [0.2, 0.25) is 0 Å². The van der Waals surface area contributed by atoms with Crippen molar-refractivity contribution in [3.8, 4) is 5.75 Å². The fourth-order valence-electron chi connectivity index (χ4n) is 2.43. The smallest absolute Gasteiger partial charge is 0.120 e. The minimum absolute atomic E-state index is 0.142. The van der Waals surface area contributed by atoms with Crippen LogP contribution in [0.1, 0.15) is 43.1 Å². The molecular formula is C17H22N2O. The molecule has 3 nitrogen and oxygen atoms in total. The molecule has 2 aromatic rings. The second kappa shape index (κ2) is 7.06. The highest BCUT2D eigenvalue weighted by Crippen LogP contribution is 2.26. The molecular weight excluding hydrogens is 248 g/mol. The molecule has 0 aliphatic rings. The Balaban J connectivity index is 2.10. The SMILES string of the molecule is CCc1cccnc1CNC(CC)c1ccccc1O. The number of aromatic nitrogens is 1. The summed E-state index contributed by atoms with van der Waals surface area (Å²) in [4.78, 5) is 4.45. The van der Waals surface area contributed by atoms with Crippen LogP contribution in [0.3, 0.4) is 0 Å². The molecule has 1 heterocycles. The molecule has 0 aliphatic heterocycles. The van der Waals surface area contributed by atoms with Crippen LogP contribution in [0.25, 0.3) is 0 Å². The van der Waals surface area contributed by atoms with Crippen molar-refractivity contribution in [1.82, 2.24) is 10.3 Å². The van der Waals surface area contributed by atoms with Gasteiger partial charge in [-0.2, -0.15) is 0 Å². The molecule has 0 fully saturated rings. The van der Waals surface area contributed by atoms with Crippen molar-refractivity contribution in [2.24, 2.45) is 0 Å². The second-order valence-corrected chi connectivity index (χ2v) is 4.86. The molecule has 1 aromatic heterocycles. The Bertz CT molecular complexity index is 554. The normalized spacial score (nSPS) is 12.3. The van der Waals surface area contributed by atoms with Crippen LogP contribution in [0.2, 0.25) is 0 Å². The molecule has 0 amide bonds. The molecule has 0 saturated carbocycles. The minimum Gasteiger partial charge on any atom is -0.508 e. The average molecular weight is 270 g/mol. The Morgan fingerprint density at radius 3 is 2.65 bits per heavy atom. The maximum absolute atomic E-state index is 9.95. The van der Waals surface area contributed by atoms with E-state index in [9.17, 15) is 5.11 Å². The van der Waals surface area contributed by atoms with E-state index < -0.39 is 0 Å². The molecule has 20 heavy (non-hydrogen) atoms. The highest BCUT2D eigenvalue weighted by Gasteiger charge is 2.13. The molecule has 1 aromatic carbocycles. The number of benzene rings is 1. The van der Waals surface area contributed by atoms with Gasteiger partial charge in [-0.25, -0.2) is 0 Å². The highest BCUT2D eigenvalue weighted by molar-refractivity contribution is 5.34. The van der Waals surface area contributed by atoms with Gasteiger partial charge in [0.05, 0.1) is 5.69 Å². The molecule has 3 heteroatoms. The zero-order valence-corrected chi connectivity index (χ0v) is 12.1. The number of nitrogens with one attached hydrogen (secondary N) is 1. The Hall–Kier alpha value is -1.87. The summed E-state index contributed by atoms with van der Waals surface area (Å²) in [7, 11) is 0. The van der Waals surface area contributed by atoms with E-state index in [1.807, 2.05) is 30.5 Å². The van der Waals surface area contributed by atoms with Crippen LogP contribution in [-0.4, -0.2) is 10.1 Å². The predicted molar refractivity (Wildman–Crippen MR) is 81.6 cm³/mol. The van der Waals surface area contributed by atoms with E-state index >= 15 is 0 Å². The zero-order valence-electron chi connectivity index (χ0n) is 12.1. The summed E-state index contributed by atoms with van der Waals surface area (Å²) in [6, 6.07) is 11.7. The number of nitrogens with zero attached hydrogens (tertiary/aromatic N) is 1. The largest absolute Gasteiger partial charge is 0.508 e. The second-order valence-electron chi connectivity index (χ2n) is 4.86. The van der Waals surface area contributed by atoms with Crippen LogP contribution in [0.4, 0.5) is 0 Å². The number of phenols is 1. The number of hydrogen-bond acceptors (Lipinski definition) is 3. The summed E-state index contributed by atoms with van der Waals surface area (Å²) in [6.07, 6.45) is 3.74. The van der Waals surface area contributed by atoms with Gasteiger partial charge in [-0.3, -0.25) is 4.98 Å². The highest BCUT2D eigenvalue weighted by atomic mass is 16.3. The van der Waals surface area contributed by atoms with Gasteiger partial charge in [-0.15, -0.1) is 0 Å². The number of pyridine rings is 1. The Labute approximate surface area is 120 Å². The van der Waals surface area contributed by atoms with Crippen molar-refractivity contribution in [2.75, 3.05) is 0 Å². The summed E-state index contributed by atoms with van der Waals surface area (Å²) in [5, 5.41) is 13.4. The van der Waals surface area contributed by atoms with Crippen LogP contribution < -0.4 is 5.32 Å². The fraction of sp³-hybridized carbons (Fsp3) is 0.353. The van der Waals surface area contributed by atoms with E-state index in [2.05, 4.69) is 30.2 Å². The van der Waals surface area contributed by atoms with Crippen LogP contribution in [0, 0.1) is 0 Å². The molecule has 0 bridgehead atoms. The number of hydrogen-bond donors (Lipinski definition) is 2. The summed E-state index contributed by atoms with van der Waals surface area (Å²) in [6.45, 7) is 4.97.